The maximum absolute atomic E-state index is 12.1. The van der Waals surface area contributed by atoms with Gasteiger partial charge in [-0.25, -0.2) is 4.79 Å². The predicted octanol–water partition coefficient (Wildman–Crippen LogP) is 3.82. The fourth-order valence-electron chi connectivity index (χ4n) is 1.84. The van der Waals surface area contributed by atoms with Crippen LogP contribution >= 0.6 is 15.9 Å². The lowest BCUT2D eigenvalue weighted by Crippen LogP contribution is -2.07. The van der Waals surface area contributed by atoms with Crippen LogP contribution in [0, 0.1) is 0 Å². The highest BCUT2D eigenvalue weighted by molar-refractivity contribution is 9.10. The lowest BCUT2D eigenvalue weighted by Gasteiger charge is -2.11. The van der Waals surface area contributed by atoms with Crippen molar-refractivity contribution in [2.24, 2.45) is 0 Å². The second-order valence-electron chi connectivity index (χ2n) is 4.23. The molecule has 110 valence electrons. The quantitative estimate of drug-likeness (QED) is 0.769. The zero-order valence-corrected chi connectivity index (χ0v) is 13.3. The molecule has 5 heteroatoms. The standard InChI is InChI=1S/C16H15BrO4/c1-19-12-7-8-15(20-2)11(9-12)10-21-16(18)13-5-3-4-6-14(13)17/h3-9H,10H2,1-2H3. The molecule has 0 N–H and O–H groups in total. The first-order valence-corrected chi connectivity index (χ1v) is 7.07. The van der Waals surface area contributed by atoms with Crippen molar-refractivity contribution in [3.05, 3.63) is 58.1 Å². The Hall–Kier alpha value is -2.01. The highest BCUT2D eigenvalue weighted by Gasteiger charge is 2.13. The van der Waals surface area contributed by atoms with Crippen LogP contribution in [0.5, 0.6) is 11.5 Å². The van der Waals surface area contributed by atoms with Gasteiger partial charge < -0.3 is 14.2 Å². The number of benzene rings is 2. The lowest BCUT2D eigenvalue weighted by molar-refractivity contribution is 0.0469. The van der Waals surface area contributed by atoms with Gasteiger partial charge in [-0.1, -0.05) is 12.1 Å². The minimum Gasteiger partial charge on any atom is -0.497 e. The number of halogens is 1. The molecule has 0 heterocycles. The van der Waals surface area contributed by atoms with E-state index in [1.165, 1.54) is 0 Å². The molecule has 2 aromatic carbocycles. The molecule has 0 radical (unpaired) electrons. The second-order valence-corrected chi connectivity index (χ2v) is 5.09. The molecule has 0 aliphatic carbocycles. The first-order valence-electron chi connectivity index (χ1n) is 6.28. The molecule has 0 fully saturated rings. The summed E-state index contributed by atoms with van der Waals surface area (Å²) in [7, 11) is 3.15. The Morgan fingerprint density at radius 2 is 1.86 bits per heavy atom. The van der Waals surface area contributed by atoms with E-state index in [1.807, 2.05) is 6.07 Å². The first kappa shape index (κ1) is 15.4. The van der Waals surface area contributed by atoms with Crippen LogP contribution in [-0.2, 0) is 11.3 Å². The van der Waals surface area contributed by atoms with Crippen LogP contribution in [0.1, 0.15) is 15.9 Å². The third-order valence-corrected chi connectivity index (χ3v) is 3.63. The number of ether oxygens (including phenoxy) is 3. The summed E-state index contributed by atoms with van der Waals surface area (Å²) < 4.78 is 16.4. The van der Waals surface area contributed by atoms with E-state index in [0.717, 1.165) is 5.56 Å². The van der Waals surface area contributed by atoms with Crippen molar-refractivity contribution in [2.75, 3.05) is 14.2 Å². The molecule has 2 rings (SSSR count). The summed E-state index contributed by atoms with van der Waals surface area (Å²) in [6, 6.07) is 12.5. The van der Waals surface area contributed by atoms with Gasteiger partial charge in [0.25, 0.3) is 0 Å². The SMILES string of the molecule is COc1ccc(OC)c(COC(=O)c2ccccc2Br)c1. The zero-order chi connectivity index (χ0) is 15.2. The van der Waals surface area contributed by atoms with Crippen molar-refractivity contribution >= 4 is 21.9 Å². The van der Waals surface area contributed by atoms with Crippen LogP contribution in [0.25, 0.3) is 0 Å². The Balaban J connectivity index is 2.12. The Morgan fingerprint density at radius 3 is 2.52 bits per heavy atom. The number of methoxy groups -OCH3 is 2. The summed E-state index contributed by atoms with van der Waals surface area (Å²) in [5, 5.41) is 0. The molecule has 21 heavy (non-hydrogen) atoms. The van der Waals surface area contributed by atoms with Crippen LogP contribution in [0.2, 0.25) is 0 Å². The molecular formula is C16H15BrO4. The average molecular weight is 351 g/mol. The molecule has 0 atom stereocenters. The third-order valence-electron chi connectivity index (χ3n) is 2.94. The first-order chi connectivity index (χ1) is 10.2. The Bertz CT molecular complexity index is 640. The molecule has 0 saturated carbocycles. The minimum absolute atomic E-state index is 0.112. The largest absolute Gasteiger partial charge is 0.497 e. The minimum atomic E-state index is -0.396. The highest BCUT2D eigenvalue weighted by Crippen LogP contribution is 2.25. The third kappa shape index (κ3) is 3.76. The van der Waals surface area contributed by atoms with E-state index in [0.29, 0.717) is 21.5 Å². The molecule has 0 aliphatic rings. The van der Waals surface area contributed by atoms with Gasteiger partial charge in [0.15, 0.2) is 0 Å². The summed E-state index contributed by atoms with van der Waals surface area (Å²) in [4.78, 5) is 12.1. The highest BCUT2D eigenvalue weighted by atomic mass is 79.9. The van der Waals surface area contributed by atoms with E-state index >= 15 is 0 Å². The number of esters is 1. The molecule has 0 amide bonds. The van der Waals surface area contributed by atoms with E-state index < -0.39 is 5.97 Å². The molecule has 0 bridgehead atoms. The van der Waals surface area contributed by atoms with Crippen molar-refractivity contribution in [2.45, 2.75) is 6.61 Å². The molecule has 0 aromatic heterocycles. The number of hydrogen-bond acceptors (Lipinski definition) is 4. The molecule has 4 nitrogen and oxygen atoms in total. The van der Waals surface area contributed by atoms with Gasteiger partial charge in [0.05, 0.1) is 19.8 Å². The summed E-state index contributed by atoms with van der Waals surface area (Å²) in [5.74, 6) is 0.936. The van der Waals surface area contributed by atoms with Crippen molar-refractivity contribution < 1.29 is 19.0 Å². The second kappa shape index (κ2) is 7.13. The van der Waals surface area contributed by atoms with Crippen molar-refractivity contribution in [1.29, 1.82) is 0 Å². The van der Waals surface area contributed by atoms with E-state index in [9.17, 15) is 4.79 Å². The van der Waals surface area contributed by atoms with E-state index in [-0.39, 0.29) is 6.61 Å². The monoisotopic (exact) mass is 350 g/mol. The van der Waals surface area contributed by atoms with Gasteiger partial charge in [0.1, 0.15) is 18.1 Å². The van der Waals surface area contributed by atoms with Gasteiger partial charge >= 0.3 is 5.97 Å². The lowest BCUT2D eigenvalue weighted by atomic mass is 10.2. The van der Waals surface area contributed by atoms with Gasteiger partial charge in [0.2, 0.25) is 0 Å². The van der Waals surface area contributed by atoms with Crippen LogP contribution in [0.3, 0.4) is 0 Å². The molecule has 0 unspecified atom stereocenters. The summed E-state index contributed by atoms with van der Waals surface area (Å²) in [6.07, 6.45) is 0. The maximum atomic E-state index is 12.1. The number of carbonyl (C=O) groups excluding carboxylic acids is 1. The Kier molecular flexibility index (Phi) is 5.22. The van der Waals surface area contributed by atoms with Crippen molar-refractivity contribution in [1.82, 2.24) is 0 Å². The van der Waals surface area contributed by atoms with Crippen LogP contribution in [-0.4, -0.2) is 20.2 Å². The van der Waals surface area contributed by atoms with Gasteiger partial charge in [-0.15, -0.1) is 0 Å². The predicted molar refractivity (Wildman–Crippen MR) is 82.8 cm³/mol. The fourth-order valence-corrected chi connectivity index (χ4v) is 2.29. The van der Waals surface area contributed by atoms with Gasteiger partial charge in [0, 0.05) is 10.0 Å². The van der Waals surface area contributed by atoms with Crippen molar-refractivity contribution in [3.63, 3.8) is 0 Å². The summed E-state index contributed by atoms with van der Waals surface area (Å²) in [5.41, 5.74) is 1.23. The van der Waals surface area contributed by atoms with Crippen LogP contribution in [0.4, 0.5) is 0 Å². The maximum Gasteiger partial charge on any atom is 0.339 e. The van der Waals surface area contributed by atoms with Gasteiger partial charge in [-0.3, -0.25) is 0 Å². The Labute approximate surface area is 131 Å². The van der Waals surface area contributed by atoms with Crippen LogP contribution < -0.4 is 9.47 Å². The Morgan fingerprint density at radius 1 is 1.10 bits per heavy atom. The topological polar surface area (TPSA) is 44.8 Å². The van der Waals surface area contributed by atoms with Gasteiger partial charge in [-0.2, -0.15) is 0 Å². The van der Waals surface area contributed by atoms with Crippen molar-refractivity contribution in [3.8, 4) is 11.5 Å². The molecule has 0 aliphatic heterocycles. The average Bonchev–Trinajstić information content (AvgIpc) is 2.52. The van der Waals surface area contributed by atoms with Gasteiger partial charge in [-0.05, 0) is 46.3 Å². The molecule has 0 saturated heterocycles. The number of carbonyl (C=O) groups is 1. The van der Waals surface area contributed by atoms with E-state index in [2.05, 4.69) is 15.9 Å². The normalized spacial score (nSPS) is 10.0. The number of hydrogen-bond donors (Lipinski definition) is 0. The number of rotatable bonds is 5. The molecule has 0 spiro atoms. The summed E-state index contributed by atoms with van der Waals surface area (Å²) in [6.45, 7) is 0.112. The summed E-state index contributed by atoms with van der Waals surface area (Å²) >= 11 is 3.33. The fraction of sp³-hybridized carbons (Fsp3) is 0.188. The smallest absolute Gasteiger partial charge is 0.339 e. The van der Waals surface area contributed by atoms with Crippen LogP contribution in [0.15, 0.2) is 46.9 Å². The molecular weight excluding hydrogens is 336 g/mol. The van der Waals surface area contributed by atoms with E-state index in [4.69, 9.17) is 14.2 Å². The zero-order valence-electron chi connectivity index (χ0n) is 11.8. The molecule has 2 aromatic rings. The van der Waals surface area contributed by atoms with E-state index in [1.54, 1.807) is 50.6 Å².